The van der Waals surface area contributed by atoms with Crippen LogP contribution >= 0.6 is 11.6 Å². The normalized spacial score (nSPS) is 21.1. The third kappa shape index (κ3) is 3.22. The van der Waals surface area contributed by atoms with Crippen LogP contribution in [0.25, 0.3) is 0 Å². The van der Waals surface area contributed by atoms with E-state index in [0.29, 0.717) is 5.92 Å². The SMILES string of the molecule is CC(=O)N1CCCCC(c2ccc(Cl)cc2)C1. The summed E-state index contributed by atoms with van der Waals surface area (Å²) in [6.45, 7) is 3.40. The van der Waals surface area contributed by atoms with Crippen LogP contribution in [0.4, 0.5) is 0 Å². The molecule has 92 valence electrons. The van der Waals surface area contributed by atoms with E-state index in [0.717, 1.165) is 31.0 Å². The van der Waals surface area contributed by atoms with E-state index in [2.05, 4.69) is 12.1 Å². The lowest BCUT2D eigenvalue weighted by molar-refractivity contribution is -0.128. The Morgan fingerprint density at radius 3 is 2.65 bits per heavy atom. The monoisotopic (exact) mass is 251 g/mol. The van der Waals surface area contributed by atoms with E-state index in [-0.39, 0.29) is 5.91 Å². The third-order valence-corrected chi connectivity index (χ3v) is 3.71. The topological polar surface area (TPSA) is 20.3 Å². The molecule has 1 aromatic rings. The van der Waals surface area contributed by atoms with Gasteiger partial charge in [-0.1, -0.05) is 30.2 Å². The summed E-state index contributed by atoms with van der Waals surface area (Å²) in [6.07, 6.45) is 3.46. The number of rotatable bonds is 1. The maximum Gasteiger partial charge on any atom is 0.219 e. The highest BCUT2D eigenvalue weighted by Crippen LogP contribution is 2.27. The van der Waals surface area contributed by atoms with Crippen molar-refractivity contribution in [3.8, 4) is 0 Å². The Bertz CT molecular complexity index is 388. The molecule has 0 aromatic heterocycles. The molecule has 0 N–H and O–H groups in total. The molecule has 1 saturated heterocycles. The van der Waals surface area contributed by atoms with Gasteiger partial charge in [-0.3, -0.25) is 4.79 Å². The fourth-order valence-electron chi connectivity index (χ4n) is 2.44. The highest BCUT2D eigenvalue weighted by atomic mass is 35.5. The number of amides is 1. The third-order valence-electron chi connectivity index (χ3n) is 3.46. The van der Waals surface area contributed by atoms with Crippen molar-refractivity contribution < 1.29 is 4.79 Å². The molecule has 0 radical (unpaired) electrons. The van der Waals surface area contributed by atoms with Crippen LogP contribution in [0.2, 0.25) is 5.02 Å². The summed E-state index contributed by atoms with van der Waals surface area (Å²) >= 11 is 5.90. The van der Waals surface area contributed by atoms with Crippen LogP contribution in [0, 0.1) is 0 Å². The Balaban J connectivity index is 2.13. The number of likely N-dealkylation sites (tertiary alicyclic amines) is 1. The van der Waals surface area contributed by atoms with E-state index in [1.165, 1.54) is 12.0 Å². The number of carbonyl (C=O) groups excluding carboxylic acids is 1. The molecule has 0 bridgehead atoms. The summed E-state index contributed by atoms with van der Waals surface area (Å²) in [4.78, 5) is 13.5. The molecule has 1 unspecified atom stereocenters. The Hall–Kier alpha value is -1.02. The molecule has 2 rings (SSSR count). The second kappa shape index (κ2) is 5.54. The van der Waals surface area contributed by atoms with Crippen LogP contribution in [0.1, 0.15) is 37.7 Å². The molecule has 1 atom stereocenters. The molecule has 0 spiro atoms. The van der Waals surface area contributed by atoms with Gasteiger partial charge in [-0.15, -0.1) is 0 Å². The minimum absolute atomic E-state index is 0.186. The second-order valence-electron chi connectivity index (χ2n) is 4.71. The van der Waals surface area contributed by atoms with E-state index < -0.39 is 0 Å². The van der Waals surface area contributed by atoms with Gasteiger partial charge in [-0.05, 0) is 30.5 Å². The zero-order chi connectivity index (χ0) is 12.3. The number of halogens is 1. The van der Waals surface area contributed by atoms with Crippen molar-refractivity contribution in [2.24, 2.45) is 0 Å². The minimum Gasteiger partial charge on any atom is -0.342 e. The Morgan fingerprint density at radius 2 is 2.00 bits per heavy atom. The standard InChI is InChI=1S/C14H18ClNO/c1-11(17)16-9-3-2-4-13(10-16)12-5-7-14(15)8-6-12/h5-8,13H,2-4,9-10H2,1H3. The lowest BCUT2D eigenvalue weighted by atomic mass is 9.94. The van der Waals surface area contributed by atoms with E-state index in [4.69, 9.17) is 11.6 Å². The first-order chi connectivity index (χ1) is 8.16. The fraction of sp³-hybridized carbons (Fsp3) is 0.500. The van der Waals surface area contributed by atoms with Crippen molar-refractivity contribution in [3.05, 3.63) is 34.9 Å². The number of hydrogen-bond donors (Lipinski definition) is 0. The highest BCUT2D eigenvalue weighted by molar-refractivity contribution is 6.30. The van der Waals surface area contributed by atoms with Gasteiger partial charge in [0.05, 0.1) is 0 Å². The van der Waals surface area contributed by atoms with Crippen molar-refractivity contribution in [1.29, 1.82) is 0 Å². The van der Waals surface area contributed by atoms with E-state index >= 15 is 0 Å². The van der Waals surface area contributed by atoms with Gasteiger partial charge >= 0.3 is 0 Å². The largest absolute Gasteiger partial charge is 0.342 e. The summed E-state index contributed by atoms with van der Waals surface area (Å²) in [5.74, 6) is 0.643. The number of nitrogens with zero attached hydrogens (tertiary/aromatic N) is 1. The predicted molar refractivity (Wildman–Crippen MR) is 70.3 cm³/mol. The first-order valence-electron chi connectivity index (χ1n) is 6.18. The van der Waals surface area contributed by atoms with Gasteiger partial charge in [-0.2, -0.15) is 0 Å². The molecular formula is C14H18ClNO. The van der Waals surface area contributed by atoms with Crippen molar-refractivity contribution in [1.82, 2.24) is 4.90 Å². The summed E-state index contributed by atoms with van der Waals surface area (Å²) in [5.41, 5.74) is 1.29. The molecular weight excluding hydrogens is 234 g/mol. The van der Waals surface area contributed by atoms with Crippen LogP contribution in [0.3, 0.4) is 0 Å². The van der Waals surface area contributed by atoms with E-state index in [1.807, 2.05) is 17.0 Å². The molecule has 1 aromatic carbocycles. The van der Waals surface area contributed by atoms with Crippen LogP contribution in [0.15, 0.2) is 24.3 Å². The highest BCUT2D eigenvalue weighted by Gasteiger charge is 2.20. The summed E-state index contributed by atoms with van der Waals surface area (Å²) < 4.78 is 0. The maximum absolute atomic E-state index is 11.5. The fourth-order valence-corrected chi connectivity index (χ4v) is 2.56. The van der Waals surface area contributed by atoms with E-state index in [9.17, 15) is 4.79 Å². The van der Waals surface area contributed by atoms with Crippen molar-refractivity contribution in [2.75, 3.05) is 13.1 Å². The summed E-state index contributed by atoms with van der Waals surface area (Å²) in [7, 11) is 0. The molecule has 1 aliphatic rings. The van der Waals surface area contributed by atoms with Crippen molar-refractivity contribution in [3.63, 3.8) is 0 Å². The average Bonchev–Trinajstić information content (AvgIpc) is 2.55. The molecule has 0 aliphatic carbocycles. The van der Waals surface area contributed by atoms with Gasteiger partial charge in [0, 0.05) is 31.0 Å². The summed E-state index contributed by atoms with van der Waals surface area (Å²) in [5, 5.41) is 0.769. The molecule has 3 heteroatoms. The molecule has 1 aliphatic heterocycles. The molecule has 17 heavy (non-hydrogen) atoms. The van der Waals surface area contributed by atoms with Gasteiger partial charge in [0.25, 0.3) is 0 Å². The molecule has 1 fully saturated rings. The van der Waals surface area contributed by atoms with Crippen LogP contribution < -0.4 is 0 Å². The predicted octanol–water partition coefficient (Wildman–Crippen LogP) is 3.46. The minimum atomic E-state index is 0.186. The van der Waals surface area contributed by atoms with Gasteiger partial charge in [0.1, 0.15) is 0 Å². The zero-order valence-corrected chi connectivity index (χ0v) is 10.9. The first-order valence-corrected chi connectivity index (χ1v) is 6.55. The molecule has 1 heterocycles. The van der Waals surface area contributed by atoms with Crippen molar-refractivity contribution >= 4 is 17.5 Å². The second-order valence-corrected chi connectivity index (χ2v) is 5.15. The van der Waals surface area contributed by atoms with Gasteiger partial charge in [0.2, 0.25) is 5.91 Å². The number of benzene rings is 1. The lowest BCUT2D eigenvalue weighted by Gasteiger charge is -2.23. The van der Waals surface area contributed by atoms with E-state index in [1.54, 1.807) is 6.92 Å². The number of carbonyl (C=O) groups is 1. The molecule has 0 saturated carbocycles. The smallest absolute Gasteiger partial charge is 0.219 e. The Labute approximate surface area is 108 Å². The van der Waals surface area contributed by atoms with Crippen molar-refractivity contribution in [2.45, 2.75) is 32.1 Å². The van der Waals surface area contributed by atoms with Crippen LogP contribution in [0.5, 0.6) is 0 Å². The van der Waals surface area contributed by atoms with Gasteiger partial charge in [-0.25, -0.2) is 0 Å². The van der Waals surface area contributed by atoms with Gasteiger partial charge < -0.3 is 4.90 Å². The molecule has 2 nitrogen and oxygen atoms in total. The van der Waals surface area contributed by atoms with Crippen LogP contribution in [-0.2, 0) is 4.79 Å². The average molecular weight is 252 g/mol. The zero-order valence-electron chi connectivity index (χ0n) is 10.2. The summed E-state index contributed by atoms with van der Waals surface area (Å²) in [6, 6.07) is 8.02. The quantitative estimate of drug-likeness (QED) is 0.749. The Morgan fingerprint density at radius 1 is 1.29 bits per heavy atom. The Kier molecular flexibility index (Phi) is 4.06. The number of hydrogen-bond acceptors (Lipinski definition) is 1. The first kappa shape index (κ1) is 12.4. The molecule has 1 amide bonds. The van der Waals surface area contributed by atoms with Crippen LogP contribution in [-0.4, -0.2) is 23.9 Å². The maximum atomic E-state index is 11.5. The lowest BCUT2D eigenvalue weighted by Crippen LogP contribution is -2.32. The van der Waals surface area contributed by atoms with Gasteiger partial charge in [0.15, 0.2) is 0 Å².